The van der Waals surface area contributed by atoms with Crippen LogP contribution in [0.1, 0.15) is 111 Å². The number of amides is 2. The molecule has 2 rings (SSSR count). The van der Waals surface area contributed by atoms with E-state index < -0.39 is 78.1 Å². The van der Waals surface area contributed by atoms with E-state index in [-0.39, 0.29) is 30.0 Å². The van der Waals surface area contributed by atoms with E-state index in [1.54, 1.807) is 19.9 Å². The summed E-state index contributed by atoms with van der Waals surface area (Å²) >= 11 is 0. The molecule has 18 heteroatoms. The number of ether oxygens (including phenoxy) is 1. The minimum Gasteiger partial charge on any atom is -0.466 e. The van der Waals surface area contributed by atoms with Crippen LogP contribution in [0.4, 0.5) is 5.69 Å². The molecule has 0 fully saturated rings. The van der Waals surface area contributed by atoms with Gasteiger partial charge in [-0.25, -0.2) is 0 Å². The maximum absolute atomic E-state index is 13.1. The van der Waals surface area contributed by atoms with Gasteiger partial charge in [-0.3, -0.25) is 18.9 Å². The molecular formula is C52H81N4O13S+. The molecule has 17 nitrogen and oxygen atoms in total. The molecule has 0 saturated carbocycles. The van der Waals surface area contributed by atoms with Gasteiger partial charge in [-0.05, 0) is 82.1 Å². The summed E-state index contributed by atoms with van der Waals surface area (Å²) in [6, 6.07) is 5.77. The third kappa shape index (κ3) is 18.4. The van der Waals surface area contributed by atoms with E-state index in [2.05, 4.69) is 54.0 Å². The second kappa shape index (κ2) is 28.3. The number of unbranched alkanes of at least 4 members (excludes halogenated alkanes) is 3. The molecule has 0 saturated heterocycles. The van der Waals surface area contributed by atoms with Crippen molar-refractivity contribution in [2.24, 2.45) is 5.41 Å². The van der Waals surface area contributed by atoms with Crippen molar-refractivity contribution in [1.82, 2.24) is 10.6 Å². The first-order chi connectivity index (χ1) is 32.8. The molecule has 0 aromatic heterocycles. The lowest BCUT2D eigenvalue weighted by Crippen LogP contribution is -2.57. The fraction of sp³-hybridized carbons (Fsp3) is 0.577. The largest absolute Gasteiger partial charge is 0.466 e. The number of aliphatic hydroxyl groups is 6. The van der Waals surface area contributed by atoms with E-state index in [4.69, 9.17) is 4.74 Å². The SMILES string of the molecule is C=C(C/C=C/C=C/C1=[N+](CCCCS(=O)(=O)O)C(=C\C/C=C(\C)C(=O)NC(CO)(CO)CO)/C(=C)C1(C)C)N(CCCCCC(=O)OCC)c1ccc(CC(=O)NC(CO)(CO)CO)cc1C(C)(C)C. The first kappa shape index (κ1) is 61.3. The summed E-state index contributed by atoms with van der Waals surface area (Å²) in [5.41, 5.74) is 2.02. The van der Waals surface area contributed by atoms with Crippen LogP contribution in [0, 0.1) is 5.41 Å². The van der Waals surface area contributed by atoms with Gasteiger partial charge in [-0.1, -0.05) is 76.8 Å². The van der Waals surface area contributed by atoms with Crippen molar-refractivity contribution >= 4 is 39.3 Å². The van der Waals surface area contributed by atoms with Crippen LogP contribution in [0.25, 0.3) is 0 Å². The van der Waals surface area contributed by atoms with Crippen LogP contribution >= 0.6 is 0 Å². The standard InChI is InChI=1S/C52H80N4O13S/c1-10-69-47(64)24-15-12-16-27-55(44-26-25-41(30-42(44)49(5,6)7)31-46(63)53-51(32-57,33-58)34-59)39(3)21-13-11-14-23-45-50(8,9)40(4)43(56(45)28-17-18-29-70(66,67)68)22-19-20-38(2)48(65)54-52(35-60,36-61)37-62/h11,13-14,20,22-23,25-26,30,57-62H,3-4,10,12,15-19,21,24,27-29,31-37H2,1-2,5-9H3,(H2-,53,54,63,65,66,67,68)/p+1/b13-11+,23-14+,38-20+,43-22-. The number of nitrogens with zero attached hydrogens (tertiary/aromatic N) is 2. The van der Waals surface area contributed by atoms with Crippen LogP contribution < -0.4 is 15.5 Å². The third-order valence-electron chi connectivity index (χ3n) is 12.3. The molecule has 1 aromatic carbocycles. The highest BCUT2D eigenvalue weighted by Crippen LogP contribution is 2.40. The van der Waals surface area contributed by atoms with Gasteiger partial charge in [0.15, 0.2) is 5.71 Å². The Labute approximate surface area is 415 Å². The third-order valence-corrected chi connectivity index (χ3v) is 13.1. The number of allylic oxidation sites excluding steroid dienone is 7. The van der Waals surface area contributed by atoms with Crippen LogP contribution in [0.3, 0.4) is 0 Å². The molecule has 0 radical (unpaired) electrons. The molecule has 2 amide bonds. The Morgan fingerprint density at radius 3 is 2.07 bits per heavy atom. The Kier molecular flexibility index (Phi) is 24.8. The number of rotatable bonds is 31. The molecule has 0 bridgehead atoms. The summed E-state index contributed by atoms with van der Waals surface area (Å²) in [6.07, 6.45) is 15.2. The summed E-state index contributed by atoms with van der Waals surface area (Å²) in [5.74, 6) is -1.66. The van der Waals surface area contributed by atoms with Crippen LogP contribution in [0.5, 0.6) is 0 Å². The zero-order chi connectivity index (χ0) is 52.9. The van der Waals surface area contributed by atoms with Crippen molar-refractivity contribution in [3.05, 3.63) is 101 Å². The van der Waals surface area contributed by atoms with Gasteiger partial charge < -0.3 is 50.9 Å². The van der Waals surface area contributed by atoms with E-state index in [0.29, 0.717) is 62.9 Å². The Morgan fingerprint density at radius 1 is 0.886 bits per heavy atom. The number of carbonyl (C=O) groups is 3. The van der Waals surface area contributed by atoms with Gasteiger partial charge in [-0.15, -0.1) is 0 Å². The van der Waals surface area contributed by atoms with Gasteiger partial charge in [-0.2, -0.15) is 13.0 Å². The Balaban J connectivity index is 2.53. The highest BCUT2D eigenvalue weighted by atomic mass is 32.2. The fourth-order valence-corrected chi connectivity index (χ4v) is 8.31. The Morgan fingerprint density at radius 2 is 1.50 bits per heavy atom. The van der Waals surface area contributed by atoms with Crippen molar-refractivity contribution in [3.63, 3.8) is 0 Å². The molecule has 0 atom stereocenters. The number of nitrogens with one attached hydrogen (secondary N) is 2. The number of esters is 1. The first-order valence-electron chi connectivity index (χ1n) is 23.9. The number of hydrogen-bond donors (Lipinski definition) is 9. The second-order valence-corrected chi connectivity index (χ2v) is 21.0. The van der Waals surface area contributed by atoms with E-state index in [1.807, 2.05) is 62.4 Å². The predicted molar refractivity (Wildman–Crippen MR) is 273 cm³/mol. The van der Waals surface area contributed by atoms with Crippen molar-refractivity contribution in [3.8, 4) is 0 Å². The van der Waals surface area contributed by atoms with Gasteiger partial charge in [0.05, 0.1) is 63.8 Å². The summed E-state index contributed by atoms with van der Waals surface area (Å²) < 4.78 is 39.6. The van der Waals surface area contributed by atoms with E-state index in [0.717, 1.165) is 46.8 Å². The van der Waals surface area contributed by atoms with Crippen molar-refractivity contribution in [2.45, 2.75) is 123 Å². The zero-order valence-corrected chi connectivity index (χ0v) is 43.2. The van der Waals surface area contributed by atoms with Crippen LogP contribution in [0.15, 0.2) is 90.4 Å². The lowest BCUT2D eigenvalue weighted by Gasteiger charge is -2.33. The predicted octanol–water partition coefficient (Wildman–Crippen LogP) is 4.07. The smallest absolute Gasteiger partial charge is 0.305 e. The molecule has 70 heavy (non-hydrogen) atoms. The topological polar surface area (TPSA) is 266 Å². The maximum atomic E-state index is 13.1. The number of anilines is 1. The zero-order valence-electron chi connectivity index (χ0n) is 42.4. The minimum atomic E-state index is -4.16. The maximum Gasteiger partial charge on any atom is 0.305 e. The summed E-state index contributed by atoms with van der Waals surface area (Å²) in [4.78, 5) is 40.2. The van der Waals surface area contributed by atoms with Crippen molar-refractivity contribution < 1.29 is 67.3 Å². The lowest BCUT2D eigenvalue weighted by atomic mass is 9.81. The van der Waals surface area contributed by atoms with E-state index in [9.17, 15) is 58.0 Å². The number of hydrogen-bond acceptors (Lipinski definition) is 13. The molecule has 1 aromatic rings. The molecular weight excluding hydrogens is 921 g/mol. The van der Waals surface area contributed by atoms with Crippen LogP contribution in [0.2, 0.25) is 0 Å². The average Bonchev–Trinajstić information content (AvgIpc) is 3.48. The Hall–Kier alpha value is -4.79. The highest BCUT2D eigenvalue weighted by molar-refractivity contribution is 7.85. The van der Waals surface area contributed by atoms with Gasteiger partial charge in [0, 0.05) is 54.4 Å². The average molecular weight is 1000 g/mol. The monoisotopic (exact) mass is 1000 g/mol. The van der Waals surface area contributed by atoms with Gasteiger partial charge in [0.25, 0.3) is 10.1 Å². The minimum absolute atomic E-state index is 0.0578. The summed E-state index contributed by atoms with van der Waals surface area (Å²) in [7, 11) is -4.16. The summed E-state index contributed by atoms with van der Waals surface area (Å²) in [5, 5.41) is 63.3. The van der Waals surface area contributed by atoms with E-state index >= 15 is 0 Å². The Bertz CT molecular complexity index is 2210. The second-order valence-electron chi connectivity index (χ2n) is 19.5. The molecule has 1 aliphatic rings. The van der Waals surface area contributed by atoms with Crippen molar-refractivity contribution in [2.75, 3.05) is 70.0 Å². The number of carbonyl (C=O) groups excluding carboxylic acids is 3. The summed E-state index contributed by atoms with van der Waals surface area (Å²) in [6.45, 7) is 20.0. The molecule has 0 spiro atoms. The van der Waals surface area contributed by atoms with Gasteiger partial charge >= 0.3 is 5.97 Å². The molecule has 0 aliphatic carbocycles. The number of aliphatic hydroxyl groups excluding tert-OH is 6. The first-order valence-corrected chi connectivity index (χ1v) is 25.5. The number of benzene rings is 1. The molecule has 392 valence electrons. The van der Waals surface area contributed by atoms with Crippen LogP contribution in [-0.2, 0) is 41.1 Å². The quantitative estimate of drug-likeness (QED) is 0.0127. The van der Waals surface area contributed by atoms with Gasteiger partial charge in [0.2, 0.25) is 17.5 Å². The fourth-order valence-electron chi connectivity index (χ4n) is 7.74. The van der Waals surface area contributed by atoms with Crippen molar-refractivity contribution in [1.29, 1.82) is 0 Å². The molecule has 1 aliphatic heterocycles. The molecule has 0 unspecified atom stereocenters. The normalized spacial score (nSPS) is 15.4. The lowest BCUT2D eigenvalue weighted by molar-refractivity contribution is -0.469. The van der Waals surface area contributed by atoms with E-state index in [1.165, 1.54) is 0 Å². The highest BCUT2D eigenvalue weighted by Gasteiger charge is 2.45. The van der Waals surface area contributed by atoms with Gasteiger partial charge in [0.1, 0.15) is 17.6 Å². The van der Waals surface area contributed by atoms with Crippen LogP contribution in [-0.4, -0.2) is 148 Å². The molecule has 9 N–H and O–H groups in total. The molecule has 1 heterocycles.